The molecule has 2 fully saturated rings. The van der Waals surface area contributed by atoms with E-state index in [0.717, 1.165) is 0 Å². The molecule has 0 aromatic heterocycles. The molecule has 3 rings (SSSR count). The molecule has 7 heteroatoms. The van der Waals surface area contributed by atoms with E-state index in [9.17, 15) is 14.0 Å². The molecular weight excluding hydrogens is 311 g/mol. The molecule has 0 aliphatic carbocycles. The van der Waals surface area contributed by atoms with Crippen molar-refractivity contribution in [3.05, 3.63) is 35.1 Å². The van der Waals surface area contributed by atoms with Crippen LogP contribution in [0.15, 0.2) is 18.2 Å². The molecule has 2 heterocycles. The SMILES string of the molecule is CC(C)N1C(=O)NC2(CCN(Cc3ccc(C#N)cc3F)C2)C1=O. The van der Waals surface area contributed by atoms with E-state index >= 15 is 0 Å². The van der Waals surface area contributed by atoms with Gasteiger partial charge in [0.2, 0.25) is 0 Å². The summed E-state index contributed by atoms with van der Waals surface area (Å²) in [7, 11) is 0. The fraction of sp³-hybridized carbons (Fsp3) is 0.471. The van der Waals surface area contributed by atoms with Crippen LogP contribution in [0.25, 0.3) is 0 Å². The molecule has 1 N–H and O–H groups in total. The van der Waals surface area contributed by atoms with Crippen molar-refractivity contribution >= 4 is 11.9 Å². The number of urea groups is 1. The average molecular weight is 330 g/mol. The number of nitriles is 1. The third kappa shape index (κ3) is 2.63. The zero-order valence-electron chi connectivity index (χ0n) is 13.7. The minimum absolute atomic E-state index is 0.193. The van der Waals surface area contributed by atoms with Gasteiger partial charge in [0, 0.05) is 31.2 Å². The molecule has 1 aromatic rings. The van der Waals surface area contributed by atoms with E-state index < -0.39 is 11.4 Å². The van der Waals surface area contributed by atoms with E-state index in [0.29, 0.717) is 31.6 Å². The summed E-state index contributed by atoms with van der Waals surface area (Å²) >= 11 is 0. The van der Waals surface area contributed by atoms with Gasteiger partial charge in [-0.15, -0.1) is 0 Å². The summed E-state index contributed by atoms with van der Waals surface area (Å²) in [4.78, 5) is 27.9. The molecule has 0 bridgehead atoms. The van der Waals surface area contributed by atoms with Gasteiger partial charge >= 0.3 is 6.03 Å². The first-order valence-corrected chi connectivity index (χ1v) is 7.93. The van der Waals surface area contributed by atoms with Crippen LogP contribution in [0, 0.1) is 17.1 Å². The Bertz CT molecular complexity index is 743. The predicted molar refractivity (Wildman–Crippen MR) is 84.3 cm³/mol. The minimum atomic E-state index is -0.898. The van der Waals surface area contributed by atoms with Crippen molar-refractivity contribution in [1.82, 2.24) is 15.1 Å². The third-order valence-corrected chi connectivity index (χ3v) is 4.63. The lowest BCUT2D eigenvalue weighted by molar-refractivity contribution is -0.132. The second kappa shape index (κ2) is 5.87. The topological polar surface area (TPSA) is 76.4 Å². The van der Waals surface area contributed by atoms with Gasteiger partial charge in [-0.05, 0) is 32.4 Å². The van der Waals surface area contributed by atoms with E-state index in [1.807, 2.05) is 11.0 Å². The summed E-state index contributed by atoms with van der Waals surface area (Å²) in [5, 5.41) is 11.6. The van der Waals surface area contributed by atoms with Crippen molar-refractivity contribution in [3.63, 3.8) is 0 Å². The number of carbonyl (C=O) groups excluding carboxylic acids is 2. The van der Waals surface area contributed by atoms with Crippen molar-refractivity contribution in [2.45, 2.75) is 38.4 Å². The van der Waals surface area contributed by atoms with Gasteiger partial charge in [0.1, 0.15) is 11.4 Å². The van der Waals surface area contributed by atoms with Gasteiger partial charge in [0.15, 0.2) is 0 Å². The zero-order chi connectivity index (χ0) is 17.5. The van der Waals surface area contributed by atoms with Gasteiger partial charge in [0.25, 0.3) is 5.91 Å². The Balaban J connectivity index is 1.74. The fourth-order valence-corrected chi connectivity index (χ4v) is 3.40. The monoisotopic (exact) mass is 330 g/mol. The number of hydrogen-bond donors (Lipinski definition) is 1. The second-order valence-electron chi connectivity index (χ2n) is 6.66. The van der Waals surface area contributed by atoms with Crippen LogP contribution in [0.1, 0.15) is 31.4 Å². The van der Waals surface area contributed by atoms with Gasteiger partial charge in [-0.25, -0.2) is 9.18 Å². The first-order valence-electron chi connectivity index (χ1n) is 7.93. The van der Waals surface area contributed by atoms with Crippen LogP contribution in [0.5, 0.6) is 0 Å². The quantitative estimate of drug-likeness (QED) is 0.854. The van der Waals surface area contributed by atoms with E-state index in [2.05, 4.69) is 5.32 Å². The number of rotatable bonds is 3. The summed E-state index contributed by atoms with van der Waals surface area (Å²) in [6, 6.07) is 5.73. The summed E-state index contributed by atoms with van der Waals surface area (Å²) in [5.74, 6) is -0.633. The maximum Gasteiger partial charge on any atom is 0.325 e. The highest BCUT2D eigenvalue weighted by Gasteiger charge is 2.55. The smallest absolute Gasteiger partial charge is 0.322 e. The molecule has 24 heavy (non-hydrogen) atoms. The molecule has 2 aliphatic rings. The molecule has 126 valence electrons. The summed E-state index contributed by atoms with van der Waals surface area (Å²) in [6.45, 7) is 4.90. The standard InChI is InChI=1S/C17H19FN4O2/c1-11(2)22-15(23)17(20-16(22)24)5-6-21(10-17)9-13-4-3-12(8-19)7-14(13)18/h3-4,7,11H,5-6,9-10H2,1-2H3,(H,20,24). The van der Waals surface area contributed by atoms with Gasteiger partial charge in [-0.3, -0.25) is 14.6 Å². The zero-order valence-corrected chi connectivity index (χ0v) is 13.7. The molecule has 0 radical (unpaired) electrons. The van der Waals surface area contributed by atoms with Gasteiger partial charge in [-0.2, -0.15) is 5.26 Å². The summed E-state index contributed by atoms with van der Waals surface area (Å²) < 4.78 is 14.0. The normalized spacial score (nSPS) is 24.0. The van der Waals surface area contributed by atoms with Crippen LogP contribution in [0.3, 0.4) is 0 Å². The van der Waals surface area contributed by atoms with E-state index in [1.165, 1.54) is 11.0 Å². The Morgan fingerprint density at radius 1 is 1.42 bits per heavy atom. The van der Waals surface area contributed by atoms with Gasteiger partial charge in [-0.1, -0.05) is 6.07 Å². The number of hydrogen-bond acceptors (Lipinski definition) is 4. The number of nitrogens with one attached hydrogen (secondary N) is 1. The predicted octanol–water partition coefficient (Wildman–Crippen LogP) is 1.60. The van der Waals surface area contributed by atoms with E-state index in [4.69, 9.17) is 5.26 Å². The van der Waals surface area contributed by atoms with Gasteiger partial charge in [0.05, 0.1) is 11.6 Å². The third-order valence-electron chi connectivity index (χ3n) is 4.63. The van der Waals surface area contributed by atoms with Crippen molar-refractivity contribution in [3.8, 4) is 6.07 Å². The number of carbonyl (C=O) groups is 2. The Labute approximate surface area is 139 Å². The number of amides is 3. The Morgan fingerprint density at radius 2 is 2.17 bits per heavy atom. The molecule has 6 nitrogen and oxygen atoms in total. The number of imide groups is 1. The van der Waals surface area contributed by atoms with Crippen LogP contribution in [-0.4, -0.2) is 46.4 Å². The van der Waals surface area contributed by atoms with E-state index in [1.54, 1.807) is 26.0 Å². The molecule has 1 atom stereocenters. The Kier molecular flexibility index (Phi) is 4.01. The molecule has 1 aromatic carbocycles. The van der Waals surface area contributed by atoms with Crippen molar-refractivity contribution < 1.29 is 14.0 Å². The number of nitrogens with zero attached hydrogens (tertiary/aromatic N) is 3. The maximum atomic E-state index is 14.0. The van der Waals surface area contributed by atoms with Crippen molar-refractivity contribution in [2.24, 2.45) is 0 Å². The lowest BCUT2D eigenvalue weighted by Gasteiger charge is -2.23. The first-order chi connectivity index (χ1) is 11.4. The molecule has 1 spiro atoms. The van der Waals surface area contributed by atoms with E-state index in [-0.39, 0.29) is 23.5 Å². The Morgan fingerprint density at radius 3 is 2.75 bits per heavy atom. The summed E-state index contributed by atoms with van der Waals surface area (Å²) in [6.07, 6.45) is 0.513. The Hall–Kier alpha value is -2.46. The highest BCUT2D eigenvalue weighted by atomic mass is 19.1. The van der Waals surface area contributed by atoms with Crippen molar-refractivity contribution in [2.75, 3.05) is 13.1 Å². The molecule has 3 amide bonds. The minimum Gasteiger partial charge on any atom is -0.322 e. The number of benzene rings is 1. The largest absolute Gasteiger partial charge is 0.325 e. The molecule has 1 unspecified atom stereocenters. The van der Waals surface area contributed by atoms with Crippen LogP contribution in [0.4, 0.5) is 9.18 Å². The molecular formula is C17H19FN4O2. The lowest BCUT2D eigenvalue weighted by atomic mass is 9.98. The summed E-state index contributed by atoms with van der Waals surface area (Å²) in [5.41, 5.74) is -0.145. The first kappa shape index (κ1) is 16.4. The highest BCUT2D eigenvalue weighted by Crippen LogP contribution is 2.30. The lowest BCUT2D eigenvalue weighted by Crippen LogP contribution is -2.49. The number of halogens is 1. The van der Waals surface area contributed by atoms with Crippen LogP contribution in [0.2, 0.25) is 0 Å². The van der Waals surface area contributed by atoms with Crippen LogP contribution >= 0.6 is 0 Å². The van der Waals surface area contributed by atoms with Gasteiger partial charge < -0.3 is 5.32 Å². The molecule has 2 saturated heterocycles. The second-order valence-corrected chi connectivity index (χ2v) is 6.66. The average Bonchev–Trinajstić information content (AvgIpc) is 3.03. The van der Waals surface area contributed by atoms with Crippen LogP contribution in [-0.2, 0) is 11.3 Å². The molecule has 0 saturated carbocycles. The molecule has 2 aliphatic heterocycles. The number of likely N-dealkylation sites (tertiary alicyclic amines) is 1. The fourth-order valence-electron chi connectivity index (χ4n) is 3.40. The van der Waals surface area contributed by atoms with Crippen molar-refractivity contribution in [1.29, 1.82) is 5.26 Å². The maximum absolute atomic E-state index is 14.0. The van der Waals surface area contributed by atoms with Crippen LogP contribution < -0.4 is 5.32 Å². The highest BCUT2D eigenvalue weighted by molar-refractivity contribution is 6.07.